The number of ether oxygens (including phenoxy) is 2. The predicted molar refractivity (Wildman–Crippen MR) is 142 cm³/mol. The number of hydrogen-bond acceptors (Lipinski definition) is 5. The normalized spacial score (nSPS) is 12.2. The molecule has 0 aliphatic rings. The van der Waals surface area contributed by atoms with Crippen LogP contribution in [-0.4, -0.2) is 31.9 Å². The van der Waals surface area contributed by atoms with Crippen LogP contribution in [-0.2, 0) is 9.53 Å². The van der Waals surface area contributed by atoms with Crippen molar-refractivity contribution in [1.82, 2.24) is 5.32 Å². The standard InChI is InChI=1S/C29H30F3NO4S/c1-19(2)18-26(22-4-6-23(7-5-22)28(35)33-17-16-27(34)36-3)38-25-14-10-21(11-15-25)20-8-12-24(13-9-20)37-29(30,31)32/h4-15,19,26H,16-18H2,1-3H3,(H,33,35). The van der Waals surface area contributed by atoms with E-state index in [1.54, 1.807) is 36.0 Å². The Labute approximate surface area is 224 Å². The number of amides is 1. The van der Waals surface area contributed by atoms with Gasteiger partial charge in [0.1, 0.15) is 5.75 Å². The minimum atomic E-state index is -4.72. The van der Waals surface area contributed by atoms with Crippen LogP contribution in [0.3, 0.4) is 0 Å². The number of alkyl halides is 3. The summed E-state index contributed by atoms with van der Waals surface area (Å²) >= 11 is 1.72. The van der Waals surface area contributed by atoms with Crippen LogP contribution in [0.5, 0.6) is 5.75 Å². The molecule has 3 aromatic rings. The maximum Gasteiger partial charge on any atom is 0.573 e. The third kappa shape index (κ3) is 9.13. The number of nitrogens with one attached hydrogen (secondary N) is 1. The molecule has 1 amide bonds. The summed E-state index contributed by atoms with van der Waals surface area (Å²) in [6, 6.07) is 21.1. The van der Waals surface area contributed by atoms with E-state index in [0.717, 1.165) is 28.0 Å². The molecule has 38 heavy (non-hydrogen) atoms. The molecule has 0 aromatic heterocycles. The van der Waals surface area contributed by atoms with Gasteiger partial charge in [-0.05, 0) is 65.4 Å². The monoisotopic (exact) mass is 545 g/mol. The molecule has 0 aliphatic heterocycles. The van der Waals surface area contributed by atoms with Gasteiger partial charge in [-0.3, -0.25) is 9.59 Å². The summed E-state index contributed by atoms with van der Waals surface area (Å²) in [5.74, 6) is -0.432. The van der Waals surface area contributed by atoms with E-state index in [9.17, 15) is 22.8 Å². The van der Waals surface area contributed by atoms with Crippen molar-refractivity contribution in [3.8, 4) is 16.9 Å². The lowest BCUT2D eigenvalue weighted by molar-refractivity contribution is -0.274. The van der Waals surface area contributed by atoms with Crippen LogP contribution in [0.1, 0.15) is 47.9 Å². The average Bonchev–Trinajstić information content (AvgIpc) is 2.88. The molecular formula is C29H30F3NO4S. The van der Waals surface area contributed by atoms with Gasteiger partial charge in [-0.15, -0.1) is 24.9 Å². The lowest BCUT2D eigenvalue weighted by Gasteiger charge is -2.20. The van der Waals surface area contributed by atoms with Crippen LogP contribution < -0.4 is 10.1 Å². The summed E-state index contributed by atoms with van der Waals surface area (Å²) in [6.45, 7) is 4.53. The van der Waals surface area contributed by atoms with E-state index >= 15 is 0 Å². The van der Waals surface area contributed by atoms with Crippen molar-refractivity contribution in [3.05, 3.63) is 83.9 Å². The Kier molecular flexibility index (Phi) is 10.2. The average molecular weight is 546 g/mol. The Bertz CT molecular complexity index is 1190. The molecule has 0 radical (unpaired) electrons. The Morgan fingerprint density at radius 1 is 0.895 bits per heavy atom. The van der Waals surface area contributed by atoms with E-state index in [2.05, 4.69) is 28.6 Å². The second-order valence-corrected chi connectivity index (χ2v) is 10.3. The number of benzene rings is 3. The highest BCUT2D eigenvalue weighted by molar-refractivity contribution is 7.99. The van der Waals surface area contributed by atoms with Gasteiger partial charge in [0, 0.05) is 22.3 Å². The van der Waals surface area contributed by atoms with Crippen LogP contribution in [0, 0.1) is 5.92 Å². The van der Waals surface area contributed by atoms with Crippen molar-refractivity contribution in [2.75, 3.05) is 13.7 Å². The fourth-order valence-corrected chi connectivity index (χ4v) is 5.15. The Morgan fingerprint density at radius 2 is 1.47 bits per heavy atom. The molecule has 1 N–H and O–H groups in total. The number of hydrogen-bond donors (Lipinski definition) is 1. The van der Waals surface area contributed by atoms with Gasteiger partial charge in [-0.1, -0.05) is 50.2 Å². The molecule has 1 atom stereocenters. The summed E-state index contributed by atoms with van der Waals surface area (Å²) in [7, 11) is 1.31. The molecule has 3 rings (SSSR count). The Balaban J connectivity index is 1.66. The third-order valence-electron chi connectivity index (χ3n) is 5.63. The van der Waals surface area contributed by atoms with Crippen LogP contribution >= 0.6 is 11.8 Å². The molecule has 1 unspecified atom stereocenters. The molecule has 0 saturated heterocycles. The Morgan fingerprint density at radius 3 is 2.00 bits per heavy atom. The first kappa shape index (κ1) is 29.1. The molecule has 0 spiro atoms. The molecule has 9 heteroatoms. The van der Waals surface area contributed by atoms with E-state index in [0.29, 0.717) is 11.5 Å². The number of halogens is 3. The van der Waals surface area contributed by atoms with Gasteiger partial charge in [-0.2, -0.15) is 0 Å². The zero-order valence-corrected chi connectivity index (χ0v) is 22.2. The summed E-state index contributed by atoms with van der Waals surface area (Å²) < 4.78 is 45.7. The smallest absolute Gasteiger partial charge is 0.469 e. The second kappa shape index (κ2) is 13.4. The van der Waals surface area contributed by atoms with Gasteiger partial charge in [0.25, 0.3) is 5.91 Å². The van der Waals surface area contributed by atoms with Gasteiger partial charge in [0.2, 0.25) is 0 Å². The summed E-state index contributed by atoms with van der Waals surface area (Å²) in [4.78, 5) is 24.6. The van der Waals surface area contributed by atoms with E-state index in [-0.39, 0.29) is 35.8 Å². The largest absolute Gasteiger partial charge is 0.573 e. The topological polar surface area (TPSA) is 64.6 Å². The highest BCUT2D eigenvalue weighted by atomic mass is 32.2. The Hall–Kier alpha value is -3.46. The number of rotatable bonds is 11. The van der Waals surface area contributed by atoms with Crippen LogP contribution in [0.25, 0.3) is 11.1 Å². The van der Waals surface area contributed by atoms with Crippen molar-refractivity contribution in [2.45, 2.75) is 43.2 Å². The van der Waals surface area contributed by atoms with E-state index in [1.807, 2.05) is 36.4 Å². The summed E-state index contributed by atoms with van der Waals surface area (Å²) in [5, 5.41) is 2.88. The zero-order valence-electron chi connectivity index (χ0n) is 21.4. The number of carbonyl (C=O) groups excluding carboxylic acids is 2. The van der Waals surface area contributed by atoms with Gasteiger partial charge >= 0.3 is 12.3 Å². The molecule has 0 bridgehead atoms. The highest BCUT2D eigenvalue weighted by Crippen LogP contribution is 2.40. The van der Waals surface area contributed by atoms with Gasteiger partial charge in [0.05, 0.1) is 13.5 Å². The highest BCUT2D eigenvalue weighted by Gasteiger charge is 2.31. The number of thioether (sulfide) groups is 1. The van der Waals surface area contributed by atoms with Crippen molar-refractivity contribution in [3.63, 3.8) is 0 Å². The van der Waals surface area contributed by atoms with E-state index in [1.165, 1.54) is 19.2 Å². The van der Waals surface area contributed by atoms with Crippen LogP contribution in [0.4, 0.5) is 13.2 Å². The first-order valence-electron chi connectivity index (χ1n) is 12.1. The van der Waals surface area contributed by atoms with Gasteiger partial charge in [-0.25, -0.2) is 0 Å². The molecule has 5 nitrogen and oxygen atoms in total. The lowest BCUT2D eigenvalue weighted by atomic mass is 10.0. The fraction of sp³-hybridized carbons (Fsp3) is 0.310. The molecular weight excluding hydrogens is 515 g/mol. The first-order chi connectivity index (χ1) is 18.0. The minimum absolute atomic E-state index is 0.115. The molecule has 0 fully saturated rings. The van der Waals surface area contributed by atoms with Crippen molar-refractivity contribution in [2.24, 2.45) is 5.92 Å². The van der Waals surface area contributed by atoms with Gasteiger partial charge < -0.3 is 14.8 Å². The number of methoxy groups -OCH3 is 1. The first-order valence-corrected chi connectivity index (χ1v) is 13.0. The maximum absolute atomic E-state index is 12.4. The SMILES string of the molecule is COC(=O)CCNC(=O)c1ccc(C(CC(C)C)Sc2ccc(-c3ccc(OC(F)(F)F)cc3)cc2)cc1. The zero-order chi connectivity index (χ0) is 27.7. The quantitative estimate of drug-likeness (QED) is 0.201. The summed E-state index contributed by atoms with van der Waals surface area (Å²) in [6.07, 6.45) is -3.67. The fourth-order valence-electron chi connectivity index (χ4n) is 3.75. The second-order valence-electron chi connectivity index (χ2n) is 9.04. The number of carbonyl (C=O) groups is 2. The molecule has 0 heterocycles. The van der Waals surface area contributed by atoms with E-state index < -0.39 is 6.36 Å². The molecule has 0 saturated carbocycles. The van der Waals surface area contributed by atoms with Crippen LogP contribution in [0.15, 0.2) is 77.7 Å². The molecule has 0 aliphatic carbocycles. The molecule has 202 valence electrons. The molecule has 3 aromatic carbocycles. The third-order valence-corrected chi connectivity index (χ3v) is 6.92. The van der Waals surface area contributed by atoms with E-state index in [4.69, 9.17) is 0 Å². The maximum atomic E-state index is 12.4. The van der Waals surface area contributed by atoms with Crippen molar-refractivity contribution >= 4 is 23.6 Å². The van der Waals surface area contributed by atoms with Gasteiger partial charge in [0.15, 0.2) is 0 Å². The summed E-state index contributed by atoms with van der Waals surface area (Å²) in [5.41, 5.74) is 3.29. The van der Waals surface area contributed by atoms with Crippen molar-refractivity contribution < 1.29 is 32.2 Å². The minimum Gasteiger partial charge on any atom is -0.469 e. The van der Waals surface area contributed by atoms with Crippen LogP contribution in [0.2, 0.25) is 0 Å². The lowest BCUT2D eigenvalue weighted by Crippen LogP contribution is -2.26. The number of esters is 1. The predicted octanol–water partition coefficient (Wildman–Crippen LogP) is 7.42. The van der Waals surface area contributed by atoms with Crippen molar-refractivity contribution in [1.29, 1.82) is 0 Å².